The first-order chi connectivity index (χ1) is 13.4. The van der Waals surface area contributed by atoms with E-state index in [0.29, 0.717) is 28.2 Å². The number of aromatic carboxylic acids is 1. The maximum atomic E-state index is 14.1. The van der Waals surface area contributed by atoms with Crippen LogP contribution in [0.2, 0.25) is 0 Å². The number of aryl methyl sites for hydroxylation is 1. The summed E-state index contributed by atoms with van der Waals surface area (Å²) in [5.41, 5.74) is 1.87. The molecule has 0 unspecified atom stereocenters. The van der Waals surface area contributed by atoms with Gasteiger partial charge in [-0.15, -0.1) is 0 Å². The summed E-state index contributed by atoms with van der Waals surface area (Å²) in [6.07, 6.45) is 1.39. The normalized spacial score (nSPS) is 11.1. The van der Waals surface area contributed by atoms with E-state index in [1.807, 2.05) is 0 Å². The van der Waals surface area contributed by atoms with Crippen LogP contribution < -0.4 is 4.74 Å². The van der Waals surface area contributed by atoms with Gasteiger partial charge >= 0.3 is 5.97 Å². The summed E-state index contributed by atoms with van der Waals surface area (Å²) in [7, 11) is 0. The molecule has 142 valence electrons. The van der Waals surface area contributed by atoms with Crippen molar-refractivity contribution in [2.75, 3.05) is 0 Å². The fourth-order valence-corrected chi connectivity index (χ4v) is 2.96. The summed E-state index contributed by atoms with van der Waals surface area (Å²) >= 11 is 0. The summed E-state index contributed by atoms with van der Waals surface area (Å²) in [5, 5.41) is 8.97. The molecule has 0 fully saturated rings. The van der Waals surface area contributed by atoms with Gasteiger partial charge in [-0.25, -0.2) is 13.6 Å². The van der Waals surface area contributed by atoms with Gasteiger partial charge in [0, 0.05) is 5.56 Å². The molecule has 5 nitrogen and oxygen atoms in total. The van der Waals surface area contributed by atoms with E-state index in [2.05, 4.69) is 0 Å². The molecule has 0 spiro atoms. The van der Waals surface area contributed by atoms with E-state index in [4.69, 9.17) is 18.7 Å². The van der Waals surface area contributed by atoms with Crippen LogP contribution >= 0.6 is 0 Å². The molecule has 7 heteroatoms. The molecule has 0 saturated carbocycles. The third-order valence-corrected chi connectivity index (χ3v) is 4.34. The highest BCUT2D eigenvalue weighted by atomic mass is 19.2. The zero-order chi connectivity index (χ0) is 19.8. The van der Waals surface area contributed by atoms with Gasteiger partial charge in [0.05, 0.1) is 11.6 Å². The van der Waals surface area contributed by atoms with Crippen molar-refractivity contribution >= 4 is 16.9 Å². The Morgan fingerprint density at radius 2 is 1.89 bits per heavy atom. The Labute approximate surface area is 157 Å². The molecular weight excluding hydrogens is 370 g/mol. The van der Waals surface area contributed by atoms with Crippen molar-refractivity contribution < 1.29 is 32.3 Å². The van der Waals surface area contributed by atoms with Crippen LogP contribution in [-0.2, 0) is 6.61 Å². The molecule has 0 bridgehead atoms. The number of halogens is 2. The minimum Gasteiger partial charge on any atom is -0.486 e. The van der Waals surface area contributed by atoms with Crippen LogP contribution in [-0.4, -0.2) is 11.1 Å². The van der Waals surface area contributed by atoms with Crippen molar-refractivity contribution in [1.29, 1.82) is 0 Å². The Morgan fingerprint density at radius 3 is 2.57 bits per heavy atom. The largest absolute Gasteiger partial charge is 0.486 e. The van der Waals surface area contributed by atoms with Crippen molar-refractivity contribution in [1.82, 2.24) is 0 Å². The van der Waals surface area contributed by atoms with Crippen molar-refractivity contribution in [3.05, 3.63) is 77.4 Å². The molecule has 0 saturated heterocycles. The Kier molecular flexibility index (Phi) is 4.35. The molecule has 0 aliphatic rings. The second-order valence-corrected chi connectivity index (χ2v) is 6.23. The lowest BCUT2D eigenvalue weighted by atomic mass is 10.0. The number of hydrogen-bond donors (Lipinski definition) is 1. The van der Waals surface area contributed by atoms with Gasteiger partial charge in [0.1, 0.15) is 23.7 Å². The Bertz CT molecular complexity index is 1170. The van der Waals surface area contributed by atoms with Crippen LogP contribution in [0.3, 0.4) is 0 Å². The van der Waals surface area contributed by atoms with Gasteiger partial charge in [-0.3, -0.25) is 0 Å². The molecule has 4 rings (SSSR count). The quantitative estimate of drug-likeness (QED) is 0.488. The second-order valence-electron chi connectivity index (χ2n) is 6.23. The monoisotopic (exact) mass is 384 g/mol. The number of furan rings is 2. The van der Waals surface area contributed by atoms with E-state index in [1.54, 1.807) is 31.2 Å². The van der Waals surface area contributed by atoms with Crippen molar-refractivity contribution in [3.8, 4) is 16.9 Å². The smallest absolute Gasteiger partial charge is 0.371 e. The summed E-state index contributed by atoms with van der Waals surface area (Å²) in [6.45, 7) is 1.71. The van der Waals surface area contributed by atoms with Crippen molar-refractivity contribution in [2.45, 2.75) is 13.5 Å². The molecule has 0 aliphatic heterocycles. The molecule has 2 aromatic carbocycles. The van der Waals surface area contributed by atoms with Crippen LogP contribution in [0.1, 0.15) is 21.9 Å². The number of rotatable bonds is 5. The number of hydrogen-bond acceptors (Lipinski definition) is 4. The Balaban J connectivity index is 1.57. The van der Waals surface area contributed by atoms with Crippen molar-refractivity contribution in [2.24, 2.45) is 0 Å². The summed E-state index contributed by atoms with van der Waals surface area (Å²) in [5.74, 6) is -2.31. The first-order valence-electron chi connectivity index (χ1n) is 8.35. The molecule has 2 heterocycles. The van der Waals surface area contributed by atoms with Gasteiger partial charge in [0.2, 0.25) is 5.76 Å². The predicted octanol–water partition coefficient (Wildman–Crippen LogP) is 5.56. The third kappa shape index (κ3) is 3.11. The van der Waals surface area contributed by atoms with Crippen LogP contribution in [0.4, 0.5) is 8.78 Å². The number of ether oxygens (including phenoxy) is 1. The average Bonchev–Trinajstić information content (AvgIpc) is 3.31. The van der Waals surface area contributed by atoms with E-state index in [9.17, 15) is 13.6 Å². The predicted molar refractivity (Wildman–Crippen MR) is 96.3 cm³/mol. The number of carbonyl (C=O) groups is 1. The zero-order valence-electron chi connectivity index (χ0n) is 14.7. The lowest BCUT2D eigenvalue weighted by Gasteiger charge is -2.08. The lowest BCUT2D eigenvalue weighted by molar-refractivity contribution is 0.0658. The van der Waals surface area contributed by atoms with E-state index in [0.717, 1.165) is 6.07 Å². The molecule has 0 atom stereocenters. The van der Waals surface area contributed by atoms with E-state index < -0.39 is 17.6 Å². The maximum Gasteiger partial charge on any atom is 0.371 e. The van der Waals surface area contributed by atoms with Gasteiger partial charge in [-0.05, 0) is 48.4 Å². The number of fused-ring (bicyclic) bond motifs is 1. The van der Waals surface area contributed by atoms with Gasteiger partial charge < -0.3 is 18.7 Å². The summed E-state index contributed by atoms with van der Waals surface area (Å²) in [4.78, 5) is 10.8. The lowest BCUT2D eigenvalue weighted by Crippen LogP contribution is -1.95. The van der Waals surface area contributed by atoms with Crippen LogP contribution in [0.25, 0.3) is 22.1 Å². The zero-order valence-corrected chi connectivity index (χ0v) is 14.7. The fraction of sp³-hybridized carbons (Fsp3) is 0.0952. The van der Waals surface area contributed by atoms with Gasteiger partial charge in [0.25, 0.3) is 0 Å². The average molecular weight is 384 g/mol. The first-order valence-corrected chi connectivity index (χ1v) is 8.35. The van der Waals surface area contributed by atoms with Gasteiger partial charge in [-0.1, -0.05) is 12.1 Å². The third-order valence-electron chi connectivity index (χ3n) is 4.34. The SMILES string of the molecule is Cc1coc2c(-c3ccc(OCc4ccc(C(=O)O)o4)cc3)cc(F)c(F)c12. The van der Waals surface area contributed by atoms with Crippen LogP contribution in [0.15, 0.2) is 57.6 Å². The number of carboxylic acids is 1. The second kappa shape index (κ2) is 6.84. The summed E-state index contributed by atoms with van der Waals surface area (Å²) in [6, 6.07) is 10.7. The molecule has 1 N–H and O–H groups in total. The van der Waals surface area contributed by atoms with Crippen LogP contribution in [0, 0.1) is 18.6 Å². The molecule has 2 aromatic heterocycles. The molecule has 4 aromatic rings. The number of benzene rings is 2. The van der Waals surface area contributed by atoms with E-state index in [1.165, 1.54) is 18.4 Å². The standard InChI is InChI=1S/C21H14F2O5/c1-11-9-27-20-15(8-16(22)19(23)18(11)20)12-2-4-13(5-3-12)26-10-14-6-7-17(28-14)21(24)25/h2-9H,10H2,1H3,(H,24,25). The summed E-state index contributed by atoms with van der Waals surface area (Å²) < 4.78 is 44.2. The highest BCUT2D eigenvalue weighted by Crippen LogP contribution is 2.35. The first kappa shape index (κ1) is 17.8. The molecule has 28 heavy (non-hydrogen) atoms. The Hall–Kier alpha value is -3.61. The number of carboxylic acid groups (broad SMARTS) is 1. The van der Waals surface area contributed by atoms with E-state index in [-0.39, 0.29) is 23.3 Å². The fourth-order valence-electron chi connectivity index (χ4n) is 2.96. The van der Waals surface area contributed by atoms with Crippen LogP contribution in [0.5, 0.6) is 5.75 Å². The maximum absolute atomic E-state index is 14.1. The molecule has 0 aliphatic carbocycles. The molecule has 0 amide bonds. The van der Waals surface area contributed by atoms with Crippen molar-refractivity contribution in [3.63, 3.8) is 0 Å². The highest BCUT2D eigenvalue weighted by Gasteiger charge is 2.18. The molecule has 0 radical (unpaired) electrons. The van der Waals surface area contributed by atoms with Gasteiger partial charge in [0.15, 0.2) is 11.6 Å². The van der Waals surface area contributed by atoms with E-state index >= 15 is 0 Å². The minimum absolute atomic E-state index is 0.0550. The highest BCUT2D eigenvalue weighted by molar-refractivity contribution is 5.94. The molecular formula is C21H14F2O5. The Morgan fingerprint density at radius 1 is 1.14 bits per heavy atom. The van der Waals surface area contributed by atoms with Gasteiger partial charge in [-0.2, -0.15) is 0 Å². The topological polar surface area (TPSA) is 72.8 Å². The minimum atomic E-state index is -1.15.